The number of aliphatic hydroxyl groups is 1. The van der Waals surface area contributed by atoms with Gasteiger partial charge in [0, 0.05) is 0 Å². The largest absolute Gasteiger partial charge is 0.390 e. The van der Waals surface area contributed by atoms with E-state index < -0.39 is 5.60 Å². The summed E-state index contributed by atoms with van der Waals surface area (Å²) in [6.07, 6.45) is 1.00. The lowest BCUT2D eigenvalue weighted by molar-refractivity contribution is -0.172. The quantitative estimate of drug-likeness (QED) is 0.654. The molecule has 0 aromatic rings. The van der Waals surface area contributed by atoms with E-state index in [1.54, 1.807) is 13.8 Å². The van der Waals surface area contributed by atoms with E-state index in [-0.39, 0.29) is 12.3 Å². The first kappa shape index (κ1) is 9.48. The van der Waals surface area contributed by atoms with Gasteiger partial charge in [0.1, 0.15) is 0 Å². The third-order valence-corrected chi connectivity index (χ3v) is 1.61. The maximum atomic E-state index is 11.3. The van der Waals surface area contributed by atoms with Gasteiger partial charge in [-0.3, -0.25) is 9.63 Å². The molecule has 0 aliphatic carbocycles. The first-order valence-corrected chi connectivity index (χ1v) is 4.15. The molecule has 70 valence electrons. The summed E-state index contributed by atoms with van der Waals surface area (Å²) in [6.45, 7) is 4.48. The number of rotatable bonds is 2. The van der Waals surface area contributed by atoms with Crippen LogP contribution in [0.15, 0.2) is 0 Å². The van der Waals surface area contributed by atoms with Crippen LogP contribution in [0.3, 0.4) is 0 Å². The van der Waals surface area contributed by atoms with Crippen molar-refractivity contribution < 1.29 is 14.7 Å². The minimum Gasteiger partial charge on any atom is -0.390 e. The van der Waals surface area contributed by atoms with E-state index in [0.29, 0.717) is 13.2 Å². The van der Waals surface area contributed by atoms with Gasteiger partial charge in [-0.05, 0) is 20.3 Å². The Morgan fingerprint density at radius 3 is 2.75 bits per heavy atom. The van der Waals surface area contributed by atoms with Gasteiger partial charge in [0.05, 0.1) is 25.2 Å². The highest BCUT2D eigenvalue weighted by Gasteiger charge is 2.25. The predicted octanol–water partition coefficient (Wildman–Crippen LogP) is 0.311. The van der Waals surface area contributed by atoms with Crippen molar-refractivity contribution in [1.29, 1.82) is 0 Å². The Morgan fingerprint density at radius 2 is 2.33 bits per heavy atom. The Morgan fingerprint density at radius 1 is 1.67 bits per heavy atom. The summed E-state index contributed by atoms with van der Waals surface area (Å²) in [5.41, 5.74) is -0.941. The number of nitrogens with zero attached hydrogens (tertiary/aromatic N) is 1. The molecule has 4 heteroatoms. The lowest BCUT2D eigenvalue weighted by atomic mass is 10.1. The molecule has 1 heterocycles. The van der Waals surface area contributed by atoms with Crippen molar-refractivity contribution in [2.75, 3.05) is 13.2 Å². The van der Waals surface area contributed by atoms with E-state index in [4.69, 9.17) is 4.84 Å². The minimum atomic E-state index is -0.941. The maximum absolute atomic E-state index is 11.3. The summed E-state index contributed by atoms with van der Waals surface area (Å²) in [4.78, 5) is 16.3. The highest BCUT2D eigenvalue weighted by molar-refractivity contribution is 5.76. The molecule has 1 aliphatic rings. The fourth-order valence-electron chi connectivity index (χ4n) is 1.10. The Balaban J connectivity index is 2.37. The van der Waals surface area contributed by atoms with Crippen molar-refractivity contribution in [2.24, 2.45) is 0 Å². The Kier molecular flexibility index (Phi) is 2.69. The average Bonchev–Trinajstić information content (AvgIpc) is 2.32. The van der Waals surface area contributed by atoms with Crippen LogP contribution < -0.4 is 0 Å². The van der Waals surface area contributed by atoms with Gasteiger partial charge in [0.2, 0.25) is 5.91 Å². The monoisotopic (exact) mass is 173 g/mol. The topological polar surface area (TPSA) is 49.8 Å². The molecule has 1 fully saturated rings. The molecule has 0 atom stereocenters. The standard InChI is InChI=1S/C8H15NO3/c1-8(2,11)6-7(10)9-4-3-5-12-9/h11H,3-6H2,1-2H3. The molecule has 4 nitrogen and oxygen atoms in total. The van der Waals surface area contributed by atoms with Crippen LogP contribution in [0.4, 0.5) is 0 Å². The number of carbonyl (C=O) groups excluding carboxylic acids is 1. The second kappa shape index (κ2) is 3.41. The van der Waals surface area contributed by atoms with Crippen LogP contribution in [0.2, 0.25) is 0 Å². The van der Waals surface area contributed by atoms with Crippen LogP contribution in [0, 0.1) is 0 Å². The third kappa shape index (κ3) is 2.79. The molecule has 0 radical (unpaired) electrons. The summed E-state index contributed by atoms with van der Waals surface area (Å²) < 4.78 is 0. The van der Waals surface area contributed by atoms with Crippen molar-refractivity contribution >= 4 is 5.91 Å². The van der Waals surface area contributed by atoms with E-state index in [1.165, 1.54) is 5.06 Å². The Labute approximate surface area is 72.1 Å². The van der Waals surface area contributed by atoms with Crippen molar-refractivity contribution in [3.05, 3.63) is 0 Å². The minimum absolute atomic E-state index is 0.118. The highest BCUT2D eigenvalue weighted by Crippen LogP contribution is 2.13. The van der Waals surface area contributed by atoms with Gasteiger partial charge in [-0.25, -0.2) is 5.06 Å². The number of hydrogen-bond donors (Lipinski definition) is 1. The second-order valence-electron chi connectivity index (χ2n) is 3.67. The van der Waals surface area contributed by atoms with E-state index >= 15 is 0 Å². The SMILES string of the molecule is CC(C)(O)CC(=O)N1CCCO1. The smallest absolute Gasteiger partial charge is 0.248 e. The molecule has 1 aliphatic heterocycles. The fourth-order valence-corrected chi connectivity index (χ4v) is 1.10. The fraction of sp³-hybridized carbons (Fsp3) is 0.875. The predicted molar refractivity (Wildman–Crippen MR) is 43.2 cm³/mol. The summed E-state index contributed by atoms with van der Waals surface area (Å²) in [5, 5.41) is 10.7. The first-order valence-electron chi connectivity index (χ1n) is 4.15. The molecule has 0 unspecified atom stereocenters. The molecule has 1 rings (SSSR count). The first-order chi connectivity index (χ1) is 5.49. The zero-order valence-corrected chi connectivity index (χ0v) is 7.54. The average molecular weight is 173 g/mol. The molecule has 0 saturated carbocycles. The molecule has 1 amide bonds. The van der Waals surface area contributed by atoms with Gasteiger partial charge in [-0.1, -0.05) is 0 Å². The van der Waals surface area contributed by atoms with Crippen LogP contribution in [0.1, 0.15) is 26.7 Å². The summed E-state index contributed by atoms with van der Waals surface area (Å²) in [5.74, 6) is -0.139. The van der Waals surface area contributed by atoms with Gasteiger partial charge in [-0.15, -0.1) is 0 Å². The van der Waals surface area contributed by atoms with Crippen molar-refractivity contribution in [2.45, 2.75) is 32.3 Å². The van der Waals surface area contributed by atoms with Crippen LogP contribution in [0.5, 0.6) is 0 Å². The van der Waals surface area contributed by atoms with E-state index in [0.717, 1.165) is 6.42 Å². The van der Waals surface area contributed by atoms with E-state index in [2.05, 4.69) is 0 Å². The summed E-state index contributed by atoms with van der Waals surface area (Å²) in [6, 6.07) is 0. The summed E-state index contributed by atoms with van der Waals surface area (Å²) in [7, 11) is 0. The van der Waals surface area contributed by atoms with E-state index in [9.17, 15) is 9.90 Å². The van der Waals surface area contributed by atoms with Crippen LogP contribution in [-0.2, 0) is 9.63 Å². The Hall–Kier alpha value is -0.610. The molecule has 0 bridgehead atoms. The Bertz CT molecular complexity index is 168. The third-order valence-electron chi connectivity index (χ3n) is 1.61. The number of hydroxylamine groups is 2. The van der Waals surface area contributed by atoms with E-state index in [1.807, 2.05) is 0 Å². The number of hydrogen-bond acceptors (Lipinski definition) is 3. The zero-order valence-electron chi connectivity index (χ0n) is 7.54. The lowest BCUT2D eigenvalue weighted by Crippen LogP contribution is -2.33. The van der Waals surface area contributed by atoms with Crippen molar-refractivity contribution in [3.63, 3.8) is 0 Å². The summed E-state index contributed by atoms with van der Waals surface area (Å²) >= 11 is 0. The number of carbonyl (C=O) groups is 1. The van der Waals surface area contributed by atoms with Gasteiger partial charge >= 0.3 is 0 Å². The van der Waals surface area contributed by atoms with Crippen LogP contribution >= 0.6 is 0 Å². The lowest BCUT2D eigenvalue weighted by Gasteiger charge is -2.20. The zero-order chi connectivity index (χ0) is 9.19. The van der Waals surface area contributed by atoms with Crippen molar-refractivity contribution in [3.8, 4) is 0 Å². The molecule has 0 aromatic carbocycles. The highest BCUT2D eigenvalue weighted by atomic mass is 16.7. The van der Waals surface area contributed by atoms with Gasteiger partial charge in [0.25, 0.3) is 0 Å². The molecule has 1 N–H and O–H groups in total. The molecule has 0 aromatic heterocycles. The van der Waals surface area contributed by atoms with Gasteiger partial charge in [-0.2, -0.15) is 0 Å². The maximum Gasteiger partial charge on any atom is 0.248 e. The van der Waals surface area contributed by atoms with Gasteiger partial charge < -0.3 is 5.11 Å². The van der Waals surface area contributed by atoms with Crippen molar-refractivity contribution in [1.82, 2.24) is 5.06 Å². The van der Waals surface area contributed by atoms with Crippen LogP contribution in [-0.4, -0.2) is 34.8 Å². The number of amides is 1. The molecular weight excluding hydrogens is 158 g/mol. The van der Waals surface area contributed by atoms with Crippen LogP contribution in [0.25, 0.3) is 0 Å². The normalized spacial score (nSPS) is 18.4. The molecule has 1 saturated heterocycles. The molecule has 12 heavy (non-hydrogen) atoms. The molecule has 0 spiro atoms. The second-order valence-corrected chi connectivity index (χ2v) is 3.67. The van der Waals surface area contributed by atoms with Gasteiger partial charge in [0.15, 0.2) is 0 Å². The molecular formula is C8H15NO3.